The zero-order chi connectivity index (χ0) is 13.1. The van der Waals surface area contributed by atoms with Crippen molar-refractivity contribution in [2.45, 2.75) is 19.0 Å². The van der Waals surface area contributed by atoms with E-state index in [0.29, 0.717) is 6.04 Å². The van der Waals surface area contributed by atoms with Crippen LogP contribution in [0.1, 0.15) is 17.2 Å². The Morgan fingerprint density at radius 1 is 1.50 bits per heavy atom. The topological polar surface area (TPSA) is 15.3 Å². The summed E-state index contributed by atoms with van der Waals surface area (Å²) >= 11 is 1.98. The number of hydrogen-bond acceptors (Lipinski definition) is 3. The van der Waals surface area contributed by atoms with Crippen molar-refractivity contribution in [3.63, 3.8) is 0 Å². The number of aryl methyl sites for hydroxylation is 1. The highest BCUT2D eigenvalue weighted by Gasteiger charge is 2.29. The Bertz CT molecular complexity index is 411. The van der Waals surface area contributed by atoms with Gasteiger partial charge < -0.3 is 5.32 Å². The van der Waals surface area contributed by atoms with Crippen molar-refractivity contribution in [1.29, 1.82) is 0 Å². The van der Waals surface area contributed by atoms with E-state index in [1.807, 2.05) is 24.9 Å². The predicted octanol–water partition coefficient (Wildman–Crippen LogP) is 2.44. The molecule has 0 aliphatic carbocycles. The lowest BCUT2D eigenvalue weighted by Gasteiger charge is -2.38. The van der Waals surface area contributed by atoms with Gasteiger partial charge in [-0.25, -0.2) is 4.39 Å². The van der Waals surface area contributed by atoms with Crippen molar-refractivity contribution >= 4 is 11.8 Å². The molecule has 1 aromatic rings. The Kier molecular flexibility index (Phi) is 4.65. The molecule has 0 bridgehead atoms. The number of halogens is 1. The van der Waals surface area contributed by atoms with Gasteiger partial charge in [0.05, 0.1) is 0 Å². The van der Waals surface area contributed by atoms with Crippen LogP contribution in [0.25, 0.3) is 0 Å². The van der Waals surface area contributed by atoms with Crippen LogP contribution in [0.4, 0.5) is 4.39 Å². The zero-order valence-electron chi connectivity index (χ0n) is 11.2. The maximum absolute atomic E-state index is 13.5. The van der Waals surface area contributed by atoms with Crippen LogP contribution in [-0.4, -0.2) is 43.1 Å². The molecule has 0 spiro atoms. The molecular weight excluding hydrogens is 247 g/mol. The van der Waals surface area contributed by atoms with Crippen LogP contribution in [0.3, 0.4) is 0 Å². The molecular formula is C14H21FN2S. The maximum Gasteiger partial charge on any atom is 0.123 e. The van der Waals surface area contributed by atoms with Crippen LogP contribution in [0, 0.1) is 12.7 Å². The number of nitrogens with one attached hydrogen (secondary N) is 1. The summed E-state index contributed by atoms with van der Waals surface area (Å²) in [6.45, 7) is 3.15. The number of likely N-dealkylation sites (N-methyl/N-ethyl adjacent to an activating group) is 2. The first-order chi connectivity index (χ1) is 8.63. The molecule has 1 N–H and O–H groups in total. The van der Waals surface area contributed by atoms with Crippen LogP contribution >= 0.6 is 11.8 Å². The summed E-state index contributed by atoms with van der Waals surface area (Å²) in [6.07, 6.45) is 0. The van der Waals surface area contributed by atoms with E-state index >= 15 is 0 Å². The Labute approximate surface area is 113 Å². The summed E-state index contributed by atoms with van der Waals surface area (Å²) < 4.78 is 13.5. The van der Waals surface area contributed by atoms with E-state index in [2.05, 4.69) is 24.2 Å². The molecule has 18 heavy (non-hydrogen) atoms. The van der Waals surface area contributed by atoms with Gasteiger partial charge in [-0.05, 0) is 44.3 Å². The molecule has 0 amide bonds. The van der Waals surface area contributed by atoms with Crippen LogP contribution < -0.4 is 5.32 Å². The van der Waals surface area contributed by atoms with Crippen LogP contribution in [0.5, 0.6) is 0 Å². The van der Waals surface area contributed by atoms with E-state index in [1.165, 1.54) is 11.8 Å². The second-order valence-electron chi connectivity index (χ2n) is 4.89. The van der Waals surface area contributed by atoms with Crippen molar-refractivity contribution in [2.24, 2.45) is 0 Å². The van der Waals surface area contributed by atoms with Crippen LogP contribution in [-0.2, 0) is 0 Å². The van der Waals surface area contributed by atoms with Gasteiger partial charge in [-0.1, -0.05) is 6.07 Å². The minimum atomic E-state index is -0.151. The van der Waals surface area contributed by atoms with Crippen LogP contribution in [0.2, 0.25) is 0 Å². The van der Waals surface area contributed by atoms with Gasteiger partial charge in [0.15, 0.2) is 0 Å². The number of rotatable bonds is 3. The summed E-state index contributed by atoms with van der Waals surface area (Å²) in [5.74, 6) is 2.13. The van der Waals surface area contributed by atoms with Crippen molar-refractivity contribution in [2.75, 3.05) is 32.1 Å². The molecule has 1 aliphatic rings. The Morgan fingerprint density at radius 2 is 2.28 bits per heavy atom. The van der Waals surface area contributed by atoms with E-state index in [-0.39, 0.29) is 11.9 Å². The smallest absolute Gasteiger partial charge is 0.123 e. The number of hydrogen-bond donors (Lipinski definition) is 1. The van der Waals surface area contributed by atoms with Gasteiger partial charge in [0.2, 0.25) is 0 Å². The fourth-order valence-electron chi connectivity index (χ4n) is 2.56. The minimum Gasteiger partial charge on any atom is -0.312 e. The van der Waals surface area contributed by atoms with Gasteiger partial charge >= 0.3 is 0 Å². The van der Waals surface area contributed by atoms with Gasteiger partial charge in [0.1, 0.15) is 5.82 Å². The SMILES string of the molecule is CNC(c1cc(F)ccc1C)C1CSCCN1C. The minimum absolute atomic E-state index is 0.151. The average molecular weight is 268 g/mol. The van der Waals surface area contributed by atoms with Gasteiger partial charge in [-0.15, -0.1) is 0 Å². The molecule has 1 fully saturated rings. The molecule has 1 aromatic carbocycles. The third-order valence-electron chi connectivity index (χ3n) is 3.72. The molecule has 0 aromatic heterocycles. The summed E-state index contributed by atoms with van der Waals surface area (Å²) in [7, 11) is 4.12. The number of thioether (sulfide) groups is 1. The highest BCUT2D eigenvalue weighted by molar-refractivity contribution is 7.99. The van der Waals surface area contributed by atoms with Crippen molar-refractivity contribution < 1.29 is 4.39 Å². The third kappa shape index (κ3) is 2.87. The molecule has 1 saturated heterocycles. The van der Waals surface area contributed by atoms with Gasteiger partial charge in [-0.3, -0.25) is 4.90 Å². The highest BCUT2D eigenvalue weighted by atomic mass is 32.2. The first-order valence-corrected chi connectivity index (χ1v) is 7.50. The fourth-order valence-corrected chi connectivity index (χ4v) is 3.83. The molecule has 1 aliphatic heterocycles. The lowest BCUT2D eigenvalue weighted by Crippen LogP contribution is -2.47. The Morgan fingerprint density at radius 3 is 2.94 bits per heavy atom. The molecule has 1 heterocycles. The van der Waals surface area contributed by atoms with E-state index in [0.717, 1.165) is 23.4 Å². The van der Waals surface area contributed by atoms with E-state index in [1.54, 1.807) is 6.07 Å². The number of benzene rings is 1. The lowest BCUT2D eigenvalue weighted by atomic mass is 9.95. The summed E-state index contributed by atoms with van der Waals surface area (Å²) in [6, 6.07) is 5.69. The molecule has 2 atom stereocenters. The molecule has 4 heteroatoms. The van der Waals surface area contributed by atoms with E-state index in [4.69, 9.17) is 0 Å². The van der Waals surface area contributed by atoms with Gasteiger partial charge in [0, 0.05) is 30.1 Å². The molecule has 2 rings (SSSR count). The first kappa shape index (κ1) is 13.8. The Balaban J connectivity index is 2.29. The standard InChI is InChI=1S/C14H21FN2S/c1-10-4-5-11(15)8-12(10)14(16-2)13-9-18-7-6-17(13)3/h4-5,8,13-14,16H,6-7,9H2,1-3H3. The quantitative estimate of drug-likeness (QED) is 0.906. The predicted molar refractivity (Wildman–Crippen MR) is 76.7 cm³/mol. The second kappa shape index (κ2) is 6.04. The Hall–Kier alpha value is -0.580. The monoisotopic (exact) mass is 268 g/mol. The van der Waals surface area contributed by atoms with Gasteiger partial charge in [0.25, 0.3) is 0 Å². The van der Waals surface area contributed by atoms with Crippen LogP contribution in [0.15, 0.2) is 18.2 Å². The summed E-state index contributed by atoms with van der Waals surface area (Å²) in [4.78, 5) is 2.38. The summed E-state index contributed by atoms with van der Waals surface area (Å²) in [5.41, 5.74) is 2.23. The van der Waals surface area contributed by atoms with Crippen molar-refractivity contribution in [1.82, 2.24) is 10.2 Å². The molecule has 2 unspecified atom stereocenters. The van der Waals surface area contributed by atoms with E-state index < -0.39 is 0 Å². The highest BCUT2D eigenvalue weighted by Crippen LogP contribution is 2.28. The van der Waals surface area contributed by atoms with E-state index in [9.17, 15) is 4.39 Å². The summed E-state index contributed by atoms with van der Waals surface area (Å²) in [5, 5.41) is 3.36. The zero-order valence-corrected chi connectivity index (χ0v) is 12.1. The number of nitrogens with zero attached hydrogens (tertiary/aromatic N) is 1. The molecule has 0 saturated carbocycles. The largest absolute Gasteiger partial charge is 0.312 e. The second-order valence-corrected chi connectivity index (χ2v) is 6.04. The molecule has 0 radical (unpaired) electrons. The molecule has 100 valence electrons. The maximum atomic E-state index is 13.5. The molecule has 2 nitrogen and oxygen atoms in total. The average Bonchev–Trinajstić information content (AvgIpc) is 2.36. The van der Waals surface area contributed by atoms with Gasteiger partial charge in [-0.2, -0.15) is 11.8 Å². The van der Waals surface area contributed by atoms with Crippen molar-refractivity contribution in [3.05, 3.63) is 35.1 Å². The third-order valence-corrected chi connectivity index (χ3v) is 4.76. The fraction of sp³-hybridized carbons (Fsp3) is 0.571. The lowest BCUT2D eigenvalue weighted by molar-refractivity contribution is 0.220. The first-order valence-electron chi connectivity index (χ1n) is 6.34. The van der Waals surface area contributed by atoms with Crippen molar-refractivity contribution in [3.8, 4) is 0 Å². The normalized spacial score (nSPS) is 23.0.